The third-order valence-corrected chi connectivity index (χ3v) is 1.95. The van der Waals surface area contributed by atoms with Crippen LogP contribution in [-0.2, 0) is 9.59 Å². The van der Waals surface area contributed by atoms with Gasteiger partial charge in [-0.05, 0) is 20.8 Å². The number of nitrogens with zero attached hydrogens (tertiary/aromatic N) is 1. The molecule has 5 nitrogen and oxygen atoms in total. The summed E-state index contributed by atoms with van der Waals surface area (Å²) in [6, 6.07) is 0. The van der Waals surface area contributed by atoms with Crippen molar-refractivity contribution in [2.75, 3.05) is 20.1 Å². The molecule has 0 fully saturated rings. The zero-order chi connectivity index (χ0) is 12.1. The van der Waals surface area contributed by atoms with Crippen LogP contribution in [0.15, 0.2) is 0 Å². The summed E-state index contributed by atoms with van der Waals surface area (Å²) in [5.41, 5.74) is 5.21. The Morgan fingerprint density at radius 3 is 2.27 bits per heavy atom. The smallest absolute Gasteiger partial charge is 0.239 e. The first-order valence-electron chi connectivity index (χ1n) is 5.07. The van der Waals surface area contributed by atoms with Crippen LogP contribution in [0.25, 0.3) is 0 Å². The van der Waals surface area contributed by atoms with E-state index in [1.165, 1.54) is 4.90 Å². The first kappa shape index (κ1) is 13.9. The molecule has 0 aromatic carbocycles. The second kappa shape index (κ2) is 5.70. The van der Waals surface area contributed by atoms with Crippen LogP contribution in [0.1, 0.15) is 27.2 Å². The standard InChI is InChI=1S/C10H21N3O2/c1-5-13(7-8(14)12-4)9(15)6-10(2,3)11/h5-7,11H2,1-4H3,(H,12,14). The third kappa shape index (κ3) is 6.06. The van der Waals surface area contributed by atoms with Crippen LogP contribution in [0.3, 0.4) is 0 Å². The van der Waals surface area contributed by atoms with Crippen molar-refractivity contribution in [1.82, 2.24) is 10.2 Å². The monoisotopic (exact) mass is 215 g/mol. The van der Waals surface area contributed by atoms with Crippen molar-refractivity contribution < 1.29 is 9.59 Å². The van der Waals surface area contributed by atoms with Crippen molar-refractivity contribution in [2.24, 2.45) is 5.73 Å². The van der Waals surface area contributed by atoms with Crippen LogP contribution in [0, 0.1) is 0 Å². The van der Waals surface area contributed by atoms with Gasteiger partial charge < -0.3 is 16.0 Å². The van der Waals surface area contributed by atoms with E-state index in [1.807, 2.05) is 6.92 Å². The van der Waals surface area contributed by atoms with Gasteiger partial charge in [0.15, 0.2) is 0 Å². The van der Waals surface area contributed by atoms with Crippen LogP contribution in [-0.4, -0.2) is 42.4 Å². The maximum atomic E-state index is 11.7. The average Bonchev–Trinajstić information content (AvgIpc) is 2.10. The molecular formula is C10H21N3O2. The van der Waals surface area contributed by atoms with E-state index in [0.29, 0.717) is 6.54 Å². The van der Waals surface area contributed by atoms with Crippen molar-refractivity contribution >= 4 is 11.8 Å². The molecule has 0 spiro atoms. The molecule has 2 amide bonds. The van der Waals surface area contributed by atoms with E-state index < -0.39 is 5.54 Å². The molecule has 0 aromatic heterocycles. The molecule has 0 aliphatic rings. The lowest BCUT2D eigenvalue weighted by atomic mass is 10.0. The molecule has 0 unspecified atom stereocenters. The lowest BCUT2D eigenvalue weighted by Crippen LogP contribution is -2.44. The Hall–Kier alpha value is -1.10. The molecule has 15 heavy (non-hydrogen) atoms. The normalized spacial score (nSPS) is 11.0. The molecular weight excluding hydrogens is 194 g/mol. The van der Waals surface area contributed by atoms with Crippen LogP contribution >= 0.6 is 0 Å². The number of rotatable bonds is 5. The maximum absolute atomic E-state index is 11.7. The lowest BCUT2D eigenvalue weighted by Gasteiger charge is -2.24. The third-order valence-electron chi connectivity index (χ3n) is 1.95. The van der Waals surface area contributed by atoms with Gasteiger partial charge in [-0.25, -0.2) is 0 Å². The number of likely N-dealkylation sites (N-methyl/N-ethyl adjacent to an activating group) is 2. The Morgan fingerprint density at radius 2 is 1.93 bits per heavy atom. The second-order valence-corrected chi connectivity index (χ2v) is 4.25. The minimum absolute atomic E-state index is 0.0893. The highest BCUT2D eigenvalue weighted by Gasteiger charge is 2.21. The van der Waals surface area contributed by atoms with Gasteiger partial charge in [-0.3, -0.25) is 9.59 Å². The van der Waals surface area contributed by atoms with Gasteiger partial charge in [-0.15, -0.1) is 0 Å². The Balaban J connectivity index is 4.29. The van der Waals surface area contributed by atoms with Gasteiger partial charge in [0.1, 0.15) is 0 Å². The quantitative estimate of drug-likeness (QED) is 0.661. The van der Waals surface area contributed by atoms with E-state index in [1.54, 1.807) is 20.9 Å². The van der Waals surface area contributed by atoms with E-state index in [-0.39, 0.29) is 24.8 Å². The fraction of sp³-hybridized carbons (Fsp3) is 0.800. The SMILES string of the molecule is CCN(CC(=O)NC)C(=O)CC(C)(C)N. The van der Waals surface area contributed by atoms with E-state index in [2.05, 4.69) is 5.32 Å². The van der Waals surface area contributed by atoms with Gasteiger partial charge in [0.05, 0.1) is 6.54 Å². The summed E-state index contributed by atoms with van der Waals surface area (Å²) < 4.78 is 0. The predicted octanol–water partition coefficient (Wildman–Crippen LogP) is -0.292. The van der Waals surface area contributed by atoms with E-state index >= 15 is 0 Å². The highest BCUT2D eigenvalue weighted by Crippen LogP contribution is 2.06. The van der Waals surface area contributed by atoms with Crippen molar-refractivity contribution in [1.29, 1.82) is 0 Å². The number of nitrogens with one attached hydrogen (secondary N) is 1. The van der Waals surface area contributed by atoms with Gasteiger partial charge in [-0.1, -0.05) is 0 Å². The molecule has 0 atom stereocenters. The van der Waals surface area contributed by atoms with Crippen LogP contribution in [0.2, 0.25) is 0 Å². The molecule has 0 saturated heterocycles. The molecule has 0 aromatic rings. The summed E-state index contributed by atoms with van der Waals surface area (Å²) in [7, 11) is 1.55. The Bertz CT molecular complexity index is 233. The van der Waals surface area contributed by atoms with Gasteiger partial charge >= 0.3 is 0 Å². The van der Waals surface area contributed by atoms with Crippen LogP contribution < -0.4 is 11.1 Å². The highest BCUT2D eigenvalue weighted by atomic mass is 16.2. The molecule has 0 heterocycles. The van der Waals surface area contributed by atoms with Gasteiger partial charge in [0, 0.05) is 25.6 Å². The highest BCUT2D eigenvalue weighted by molar-refractivity contribution is 5.85. The number of carbonyl (C=O) groups excluding carboxylic acids is 2. The molecule has 0 saturated carbocycles. The first-order chi connectivity index (χ1) is 6.80. The Labute approximate surface area is 91.0 Å². The number of hydrogen-bond acceptors (Lipinski definition) is 3. The second-order valence-electron chi connectivity index (χ2n) is 4.25. The summed E-state index contributed by atoms with van der Waals surface area (Å²) in [6.07, 6.45) is 0.248. The minimum atomic E-state index is -0.535. The zero-order valence-corrected chi connectivity index (χ0v) is 9.96. The first-order valence-corrected chi connectivity index (χ1v) is 5.07. The fourth-order valence-corrected chi connectivity index (χ4v) is 1.13. The number of amides is 2. The largest absolute Gasteiger partial charge is 0.358 e. The lowest BCUT2D eigenvalue weighted by molar-refractivity contribution is -0.136. The van der Waals surface area contributed by atoms with Crippen molar-refractivity contribution in [2.45, 2.75) is 32.7 Å². The van der Waals surface area contributed by atoms with Gasteiger partial charge in [-0.2, -0.15) is 0 Å². The Kier molecular flexibility index (Phi) is 5.28. The van der Waals surface area contributed by atoms with Gasteiger partial charge in [0.25, 0.3) is 0 Å². The maximum Gasteiger partial charge on any atom is 0.239 e. The molecule has 0 bridgehead atoms. The molecule has 0 rings (SSSR count). The molecule has 0 aliphatic heterocycles. The van der Waals surface area contributed by atoms with Crippen LogP contribution in [0.4, 0.5) is 0 Å². The fourth-order valence-electron chi connectivity index (χ4n) is 1.13. The molecule has 5 heteroatoms. The number of hydrogen-bond donors (Lipinski definition) is 2. The summed E-state index contributed by atoms with van der Waals surface area (Å²) in [4.78, 5) is 24.3. The van der Waals surface area contributed by atoms with Crippen molar-refractivity contribution in [3.05, 3.63) is 0 Å². The minimum Gasteiger partial charge on any atom is -0.358 e. The van der Waals surface area contributed by atoms with E-state index in [4.69, 9.17) is 5.73 Å². The van der Waals surface area contributed by atoms with Crippen molar-refractivity contribution in [3.63, 3.8) is 0 Å². The Morgan fingerprint density at radius 1 is 1.40 bits per heavy atom. The molecule has 0 radical (unpaired) electrons. The molecule has 0 aliphatic carbocycles. The topological polar surface area (TPSA) is 75.4 Å². The summed E-state index contributed by atoms with van der Waals surface area (Å²) >= 11 is 0. The zero-order valence-electron chi connectivity index (χ0n) is 9.96. The number of nitrogens with two attached hydrogens (primary N) is 1. The summed E-state index contributed by atoms with van der Waals surface area (Å²) in [5, 5.41) is 2.48. The molecule has 3 N–H and O–H groups in total. The van der Waals surface area contributed by atoms with Crippen molar-refractivity contribution in [3.8, 4) is 0 Å². The average molecular weight is 215 g/mol. The summed E-state index contributed by atoms with van der Waals surface area (Å²) in [6.45, 7) is 6.03. The predicted molar refractivity (Wildman–Crippen MR) is 59.2 cm³/mol. The van der Waals surface area contributed by atoms with Gasteiger partial charge in [0.2, 0.25) is 11.8 Å². The van der Waals surface area contributed by atoms with E-state index in [0.717, 1.165) is 0 Å². The number of carbonyl (C=O) groups is 2. The van der Waals surface area contributed by atoms with E-state index in [9.17, 15) is 9.59 Å². The van der Waals surface area contributed by atoms with Crippen LogP contribution in [0.5, 0.6) is 0 Å². The summed E-state index contributed by atoms with van der Waals surface area (Å²) in [5.74, 6) is -0.256. The molecule has 88 valence electrons.